The summed E-state index contributed by atoms with van der Waals surface area (Å²) in [5.74, 6) is 0. The van der Waals surface area contributed by atoms with Gasteiger partial charge in [0, 0.05) is 0 Å². The zero-order chi connectivity index (χ0) is 14.4. The third-order valence-electron chi connectivity index (χ3n) is 3.10. The lowest BCUT2D eigenvalue weighted by Crippen LogP contribution is -2.23. The molecule has 0 saturated carbocycles. The molecule has 2 rings (SSSR count). The second-order valence-corrected chi connectivity index (χ2v) is 5.53. The molecule has 0 spiro atoms. The summed E-state index contributed by atoms with van der Waals surface area (Å²) < 4.78 is 0. The fraction of sp³-hybridized carbons (Fsp3) is 0.235. The Hall–Kier alpha value is -1.74. The number of hydrogen-bond acceptors (Lipinski definition) is 2. The van der Waals surface area contributed by atoms with Crippen molar-refractivity contribution < 1.29 is 0 Å². The van der Waals surface area contributed by atoms with Gasteiger partial charge in [0.1, 0.15) is 0 Å². The number of benzene rings is 2. The second kappa shape index (κ2) is 7.15. The minimum absolute atomic E-state index is 0.243. The van der Waals surface area contributed by atoms with Crippen LogP contribution < -0.4 is 5.32 Å². The lowest BCUT2D eigenvalue weighted by atomic mass is 10.1. The van der Waals surface area contributed by atoms with Crippen molar-refractivity contribution in [2.24, 2.45) is 4.99 Å². The van der Waals surface area contributed by atoms with Crippen molar-refractivity contribution >= 4 is 22.6 Å². The number of nitrogens with zero attached hydrogens (tertiary/aromatic N) is 1. The number of aliphatic imine (C=N–C) groups is 1. The van der Waals surface area contributed by atoms with Crippen molar-refractivity contribution in [1.29, 1.82) is 0 Å². The number of amidine groups is 1. The summed E-state index contributed by atoms with van der Waals surface area (Å²) in [6.07, 6.45) is 2.04. The molecule has 1 N–H and O–H groups in total. The molecular weight excluding hydrogens is 264 g/mol. The average molecular weight is 284 g/mol. The highest BCUT2D eigenvalue weighted by molar-refractivity contribution is 8.13. The van der Waals surface area contributed by atoms with Crippen LogP contribution in [-0.2, 0) is 0 Å². The van der Waals surface area contributed by atoms with Crippen molar-refractivity contribution in [3.05, 3.63) is 65.7 Å². The van der Waals surface area contributed by atoms with Gasteiger partial charge >= 0.3 is 0 Å². The maximum absolute atomic E-state index is 4.65. The van der Waals surface area contributed by atoms with Crippen molar-refractivity contribution in [2.45, 2.75) is 19.9 Å². The number of thioether (sulfide) groups is 1. The van der Waals surface area contributed by atoms with E-state index in [1.54, 1.807) is 11.8 Å². The summed E-state index contributed by atoms with van der Waals surface area (Å²) in [7, 11) is 0. The van der Waals surface area contributed by atoms with Crippen LogP contribution in [0.3, 0.4) is 0 Å². The van der Waals surface area contributed by atoms with Gasteiger partial charge in [-0.05, 0) is 37.8 Å². The summed E-state index contributed by atoms with van der Waals surface area (Å²) in [6.45, 7) is 4.23. The minimum atomic E-state index is 0.243. The van der Waals surface area contributed by atoms with Gasteiger partial charge in [-0.25, -0.2) is 4.99 Å². The minimum Gasteiger partial charge on any atom is -0.358 e. The smallest absolute Gasteiger partial charge is 0.161 e. The first-order chi connectivity index (χ1) is 9.69. The van der Waals surface area contributed by atoms with E-state index in [4.69, 9.17) is 0 Å². The highest BCUT2D eigenvalue weighted by Gasteiger charge is 2.06. The molecular formula is C17H20N2S. The van der Waals surface area contributed by atoms with Gasteiger partial charge < -0.3 is 5.32 Å². The second-order valence-electron chi connectivity index (χ2n) is 4.73. The number of hydrogen-bond donors (Lipinski definition) is 1. The number of nitrogens with one attached hydrogen (secondary N) is 1. The van der Waals surface area contributed by atoms with E-state index in [0.29, 0.717) is 0 Å². The monoisotopic (exact) mass is 284 g/mol. The van der Waals surface area contributed by atoms with E-state index in [0.717, 1.165) is 10.9 Å². The Kier molecular flexibility index (Phi) is 5.24. The number of aryl methyl sites for hydroxylation is 1. The predicted molar refractivity (Wildman–Crippen MR) is 89.8 cm³/mol. The Balaban J connectivity index is 2.10. The van der Waals surface area contributed by atoms with Crippen LogP contribution in [0.2, 0.25) is 0 Å². The fourth-order valence-corrected chi connectivity index (χ4v) is 2.37. The Morgan fingerprint density at radius 2 is 1.70 bits per heavy atom. The largest absolute Gasteiger partial charge is 0.358 e. The Labute approximate surface area is 125 Å². The van der Waals surface area contributed by atoms with Gasteiger partial charge in [-0.15, -0.1) is 0 Å². The van der Waals surface area contributed by atoms with Crippen molar-refractivity contribution in [3.63, 3.8) is 0 Å². The first-order valence-electron chi connectivity index (χ1n) is 6.70. The summed E-state index contributed by atoms with van der Waals surface area (Å²) >= 11 is 1.63. The molecule has 3 heteroatoms. The van der Waals surface area contributed by atoms with E-state index in [9.17, 15) is 0 Å². The van der Waals surface area contributed by atoms with Crippen LogP contribution in [0, 0.1) is 6.92 Å². The molecule has 0 unspecified atom stereocenters. The maximum atomic E-state index is 4.65. The molecule has 20 heavy (non-hydrogen) atoms. The third-order valence-corrected chi connectivity index (χ3v) is 3.69. The molecule has 0 radical (unpaired) electrons. The zero-order valence-electron chi connectivity index (χ0n) is 12.1. The average Bonchev–Trinajstić information content (AvgIpc) is 2.49. The van der Waals surface area contributed by atoms with Gasteiger partial charge in [-0.3, -0.25) is 0 Å². The Morgan fingerprint density at radius 1 is 1.05 bits per heavy atom. The van der Waals surface area contributed by atoms with Crippen LogP contribution >= 0.6 is 11.8 Å². The highest BCUT2D eigenvalue weighted by Crippen LogP contribution is 2.17. The lowest BCUT2D eigenvalue weighted by molar-refractivity contribution is 0.724. The first-order valence-corrected chi connectivity index (χ1v) is 7.92. The van der Waals surface area contributed by atoms with Crippen molar-refractivity contribution in [3.8, 4) is 0 Å². The molecule has 0 aliphatic carbocycles. The van der Waals surface area contributed by atoms with E-state index >= 15 is 0 Å². The van der Waals surface area contributed by atoms with Gasteiger partial charge in [0.05, 0.1) is 11.7 Å². The van der Waals surface area contributed by atoms with E-state index < -0.39 is 0 Å². The van der Waals surface area contributed by atoms with Gasteiger partial charge in [-0.2, -0.15) is 0 Å². The molecule has 0 aromatic heterocycles. The van der Waals surface area contributed by atoms with Crippen LogP contribution in [0.4, 0.5) is 5.69 Å². The molecule has 0 heterocycles. The van der Waals surface area contributed by atoms with E-state index in [-0.39, 0.29) is 6.04 Å². The van der Waals surface area contributed by atoms with Crippen LogP contribution in [0.15, 0.2) is 59.6 Å². The van der Waals surface area contributed by atoms with E-state index in [1.807, 2.05) is 24.5 Å². The molecule has 104 valence electrons. The van der Waals surface area contributed by atoms with Crippen molar-refractivity contribution in [1.82, 2.24) is 5.32 Å². The molecule has 0 amide bonds. The standard InChI is InChI=1S/C17H20N2S/c1-13-9-11-16(12-10-13)19-17(20-3)18-14(2)15-7-5-4-6-8-15/h4-12,14H,1-3H3,(H,18,19)/t14-/m0/s1. The molecule has 2 nitrogen and oxygen atoms in total. The molecule has 0 fully saturated rings. The summed E-state index contributed by atoms with van der Waals surface area (Å²) in [5, 5.41) is 4.39. The highest BCUT2D eigenvalue weighted by atomic mass is 32.2. The fourth-order valence-electron chi connectivity index (χ4n) is 1.88. The van der Waals surface area contributed by atoms with E-state index in [1.165, 1.54) is 11.1 Å². The summed E-state index contributed by atoms with van der Waals surface area (Å²) in [5.41, 5.74) is 3.49. The van der Waals surface area contributed by atoms with Crippen LogP contribution in [0.25, 0.3) is 0 Å². The number of rotatable bonds is 3. The normalized spacial score (nSPS) is 13.1. The van der Waals surface area contributed by atoms with Crippen molar-refractivity contribution in [2.75, 3.05) is 6.26 Å². The lowest BCUT2D eigenvalue weighted by Gasteiger charge is -2.16. The van der Waals surface area contributed by atoms with E-state index in [2.05, 4.69) is 60.6 Å². The van der Waals surface area contributed by atoms with Gasteiger partial charge in [0.25, 0.3) is 0 Å². The van der Waals surface area contributed by atoms with Crippen LogP contribution in [0.1, 0.15) is 24.1 Å². The third kappa shape index (κ3) is 4.14. The zero-order valence-corrected chi connectivity index (χ0v) is 12.9. The molecule has 1 atom stereocenters. The SMILES string of the molecule is CSC(=Nc1ccc(C)cc1)N[C@@H](C)c1ccccc1. The molecule has 0 aliphatic heterocycles. The molecule has 2 aromatic carbocycles. The molecule has 0 bridgehead atoms. The maximum Gasteiger partial charge on any atom is 0.161 e. The molecule has 0 aliphatic rings. The summed E-state index contributed by atoms with van der Waals surface area (Å²) in [4.78, 5) is 4.65. The predicted octanol–water partition coefficient (Wildman–Crippen LogP) is 4.70. The van der Waals surface area contributed by atoms with Gasteiger partial charge in [-0.1, -0.05) is 59.8 Å². The Morgan fingerprint density at radius 3 is 2.30 bits per heavy atom. The molecule has 0 saturated heterocycles. The Bertz CT molecular complexity index is 561. The quantitative estimate of drug-likeness (QED) is 0.653. The van der Waals surface area contributed by atoms with Gasteiger partial charge in [0.2, 0.25) is 0 Å². The van der Waals surface area contributed by atoms with Crippen LogP contribution in [-0.4, -0.2) is 11.4 Å². The summed E-state index contributed by atoms with van der Waals surface area (Å²) in [6, 6.07) is 18.9. The topological polar surface area (TPSA) is 24.4 Å². The van der Waals surface area contributed by atoms with Gasteiger partial charge in [0.15, 0.2) is 5.17 Å². The first kappa shape index (κ1) is 14.7. The molecule has 2 aromatic rings. The van der Waals surface area contributed by atoms with Crippen LogP contribution in [0.5, 0.6) is 0 Å².